The van der Waals surface area contributed by atoms with Crippen LogP contribution in [-0.2, 0) is 4.79 Å². The van der Waals surface area contributed by atoms with Gasteiger partial charge in [-0.1, -0.05) is 17.7 Å². The number of fused-ring (bicyclic) bond motifs is 1. The van der Waals surface area contributed by atoms with E-state index < -0.39 is 25.1 Å². The molecule has 1 aliphatic rings. The summed E-state index contributed by atoms with van der Waals surface area (Å²) >= 11 is 5.69. The molecule has 0 saturated carbocycles. The van der Waals surface area contributed by atoms with Crippen LogP contribution in [0.5, 0.6) is 0 Å². The van der Waals surface area contributed by atoms with Gasteiger partial charge in [0.05, 0.1) is 16.3 Å². The van der Waals surface area contributed by atoms with E-state index >= 15 is 0 Å². The third-order valence-electron chi connectivity index (χ3n) is 2.34. The summed E-state index contributed by atoms with van der Waals surface area (Å²) in [7, 11) is 0. The monoisotopic (exact) mass is 301 g/mol. The molecule has 0 atom stereocenters. The molecule has 90 valence electrons. The zero-order chi connectivity index (χ0) is 12.8. The Morgan fingerprint density at radius 1 is 1.22 bits per heavy atom. The first-order chi connectivity index (χ1) is 7.81. The molecule has 0 aliphatic carbocycles. The molecule has 0 fully saturated rings. The van der Waals surface area contributed by atoms with Gasteiger partial charge in [-0.2, -0.15) is 0 Å². The van der Waals surface area contributed by atoms with Crippen molar-refractivity contribution in [2.24, 2.45) is 0 Å². The number of nitrogens with zero attached hydrogens (tertiary/aromatic N) is 1. The first-order valence-corrected chi connectivity index (χ1v) is 5.05. The minimum Gasteiger partial charge on any atom is -0.448 e. The number of halogens is 4. The smallest absolute Gasteiger partial charge is 0.448 e. The molecular weight excluding hydrogens is 296 g/mol. The fourth-order valence-corrected chi connectivity index (χ4v) is 1.95. The van der Waals surface area contributed by atoms with Gasteiger partial charge in [0, 0.05) is 0 Å². The van der Waals surface area contributed by atoms with Crippen LogP contribution in [0.25, 0.3) is 0 Å². The number of Topliss-reactive ketones (excluding diaryl/α,β-unsaturated/α-hetero) is 1. The third-order valence-corrected chi connectivity index (χ3v) is 2.65. The van der Waals surface area contributed by atoms with Gasteiger partial charge in [0.15, 0.2) is 0 Å². The van der Waals surface area contributed by atoms with Gasteiger partial charge in [-0.15, -0.1) is 0 Å². The molecule has 1 heterocycles. The fourth-order valence-electron chi connectivity index (χ4n) is 1.69. The van der Waals surface area contributed by atoms with Crippen molar-refractivity contribution in [1.29, 1.82) is 0 Å². The molecule has 1 aromatic rings. The number of carbonyl (C=O) groups excluding carboxylic acids is 2. The molecule has 2 rings (SSSR count). The van der Waals surface area contributed by atoms with Crippen LogP contribution < -0.4 is 56.3 Å². The number of benzene rings is 1. The van der Waals surface area contributed by atoms with Crippen molar-refractivity contribution in [2.75, 3.05) is 11.3 Å². The summed E-state index contributed by atoms with van der Waals surface area (Å²) in [5.74, 6) is -2.18. The summed E-state index contributed by atoms with van der Waals surface area (Å²) in [5, 5.41) is -0.0157. The molecule has 3 nitrogen and oxygen atoms in total. The van der Waals surface area contributed by atoms with Gasteiger partial charge in [0.25, 0.3) is 11.7 Å². The van der Waals surface area contributed by atoms with Crippen molar-refractivity contribution < 1.29 is 73.9 Å². The van der Waals surface area contributed by atoms with Gasteiger partial charge in [-0.25, -0.2) is 0 Å². The van der Waals surface area contributed by atoms with Gasteiger partial charge in [0.1, 0.15) is 0 Å². The van der Waals surface area contributed by atoms with Crippen molar-refractivity contribution in [2.45, 2.75) is 0 Å². The van der Waals surface area contributed by atoms with Crippen molar-refractivity contribution in [3.63, 3.8) is 0 Å². The van der Waals surface area contributed by atoms with Crippen molar-refractivity contribution in [3.05, 3.63) is 28.8 Å². The van der Waals surface area contributed by atoms with E-state index in [4.69, 9.17) is 11.6 Å². The molecule has 9 heteroatoms. The number of ketones is 1. The molecule has 18 heavy (non-hydrogen) atoms. The Morgan fingerprint density at radius 2 is 1.83 bits per heavy atom. The number of amides is 1. The van der Waals surface area contributed by atoms with E-state index in [-0.39, 0.29) is 67.7 Å². The van der Waals surface area contributed by atoms with Crippen LogP contribution in [0.1, 0.15) is 10.4 Å². The predicted molar refractivity (Wildman–Crippen MR) is 57.2 cm³/mol. The number of hydrogen-bond donors (Lipinski definition) is 0. The summed E-state index contributed by atoms with van der Waals surface area (Å²) in [6.07, 6.45) is -1.43. The first-order valence-electron chi connectivity index (χ1n) is 4.67. The van der Waals surface area contributed by atoms with Crippen LogP contribution in [0.2, 0.25) is 5.02 Å². The summed E-state index contributed by atoms with van der Waals surface area (Å²) in [6, 6.07) is 4.02. The first kappa shape index (κ1) is 16.2. The molecule has 0 saturated heterocycles. The average molecular weight is 302 g/mol. The van der Waals surface area contributed by atoms with Crippen LogP contribution in [0.15, 0.2) is 18.2 Å². The topological polar surface area (TPSA) is 37.4 Å². The maximum atomic E-state index is 12.3. The summed E-state index contributed by atoms with van der Waals surface area (Å²) in [6.45, 7) is -5.20. The van der Waals surface area contributed by atoms with Crippen LogP contribution >= 0.6 is 11.6 Å². The standard InChI is InChI=1S/C9H5BClF3NO2.K/c11-5-2-1-3-6-7(5)8(16)9(17)15(6)4-10(12,13)14;/h1-3H,4H2;/q-1;+1. The van der Waals surface area contributed by atoms with Crippen LogP contribution in [-0.4, -0.2) is 25.1 Å². The summed E-state index contributed by atoms with van der Waals surface area (Å²) in [4.78, 5) is 23.3. The maximum Gasteiger partial charge on any atom is 1.00 e. The summed E-state index contributed by atoms with van der Waals surface area (Å²) in [5.41, 5.74) is -0.231. The number of carbonyl (C=O) groups is 2. The normalized spacial score (nSPS) is 14.6. The van der Waals surface area contributed by atoms with Gasteiger partial charge in [-0.05, 0) is 18.6 Å². The van der Waals surface area contributed by atoms with E-state index in [0.29, 0.717) is 4.90 Å². The number of anilines is 1. The van der Waals surface area contributed by atoms with E-state index in [2.05, 4.69) is 0 Å². The second kappa shape index (κ2) is 5.64. The van der Waals surface area contributed by atoms with Crippen molar-refractivity contribution in [1.82, 2.24) is 0 Å². The number of rotatable bonds is 2. The molecule has 0 bridgehead atoms. The Balaban J connectivity index is 0.00000162. The molecule has 0 N–H and O–H groups in total. The SMILES string of the molecule is O=C1C(=O)N(C[B-](F)(F)F)c2cccc(Cl)c21.[K+]. The Labute approximate surface area is 148 Å². The largest absolute Gasteiger partial charge is 1.00 e. The Hall–Kier alpha value is 0.141. The van der Waals surface area contributed by atoms with E-state index in [0.717, 1.165) is 0 Å². The minimum absolute atomic E-state index is 0. The van der Waals surface area contributed by atoms with Gasteiger partial charge >= 0.3 is 58.4 Å². The van der Waals surface area contributed by atoms with Crippen molar-refractivity contribution in [3.8, 4) is 0 Å². The molecule has 0 aromatic heterocycles. The fraction of sp³-hybridized carbons (Fsp3) is 0.111. The molecule has 1 aromatic carbocycles. The molecule has 1 amide bonds. The maximum absolute atomic E-state index is 12.3. The second-order valence-electron chi connectivity index (χ2n) is 3.59. The quantitative estimate of drug-likeness (QED) is 0.533. The second-order valence-corrected chi connectivity index (χ2v) is 4.00. The summed E-state index contributed by atoms with van der Waals surface area (Å²) < 4.78 is 37.0. The molecule has 1 aliphatic heterocycles. The van der Waals surface area contributed by atoms with E-state index in [9.17, 15) is 22.5 Å². The predicted octanol–water partition coefficient (Wildman–Crippen LogP) is -0.740. The van der Waals surface area contributed by atoms with Crippen LogP contribution in [0.4, 0.5) is 18.6 Å². The van der Waals surface area contributed by atoms with Gasteiger partial charge < -0.3 is 17.8 Å². The van der Waals surface area contributed by atoms with Crippen molar-refractivity contribution >= 4 is 36.0 Å². The van der Waals surface area contributed by atoms with E-state index in [1.807, 2.05) is 0 Å². The van der Waals surface area contributed by atoms with Gasteiger partial charge in [-0.3, -0.25) is 9.59 Å². The minimum atomic E-state index is -5.20. The Kier molecular flexibility index (Phi) is 5.07. The molecule has 0 radical (unpaired) electrons. The molecule has 0 unspecified atom stereocenters. The van der Waals surface area contributed by atoms with E-state index in [1.54, 1.807) is 0 Å². The molecular formula is C9H5BClF3KNO2. The van der Waals surface area contributed by atoms with Gasteiger partial charge in [0.2, 0.25) is 0 Å². The van der Waals surface area contributed by atoms with Crippen LogP contribution in [0.3, 0.4) is 0 Å². The Morgan fingerprint density at radius 3 is 2.39 bits per heavy atom. The zero-order valence-electron chi connectivity index (χ0n) is 9.29. The third kappa shape index (κ3) is 3.00. The average Bonchev–Trinajstić information content (AvgIpc) is 2.43. The van der Waals surface area contributed by atoms with E-state index in [1.165, 1.54) is 18.2 Å². The number of hydrogen-bond acceptors (Lipinski definition) is 2. The zero-order valence-corrected chi connectivity index (χ0v) is 13.2. The Bertz CT molecular complexity index is 523. The molecule has 0 spiro atoms. The van der Waals surface area contributed by atoms with Crippen LogP contribution in [0, 0.1) is 0 Å².